The molecule has 0 fully saturated rings. The van der Waals surface area contributed by atoms with Gasteiger partial charge in [-0.3, -0.25) is 0 Å². The molecular weight excluding hydrogens is 553 g/mol. The first-order valence-corrected chi connectivity index (χ1v) is 16.7. The molecule has 0 heterocycles. The Kier molecular flexibility index (Phi) is 8.06. The lowest BCUT2D eigenvalue weighted by Gasteiger charge is -2.38. The topological polar surface area (TPSA) is 0 Å². The molecule has 0 nitrogen and oxygen atoms in total. The minimum Gasteiger partial charge on any atom is -0.0622 e. The van der Waals surface area contributed by atoms with E-state index in [1.165, 1.54) is 72.0 Å². The lowest BCUT2D eigenvalue weighted by Crippen LogP contribution is -2.25. The predicted molar refractivity (Wildman–Crippen MR) is 202 cm³/mol. The van der Waals surface area contributed by atoms with Crippen LogP contribution in [-0.2, 0) is 16.2 Å². The molecule has 0 amide bonds. The second-order valence-corrected chi connectivity index (χ2v) is 15.8. The van der Waals surface area contributed by atoms with E-state index >= 15 is 0 Å². The number of fused-ring (bicyclic) bond motifs is 1. The second-order valence-electron chi connectivity index (χ2n) is 15.8. The molecule has 0 aliphatic carbocycles. The van der Waals surface area contributed by atoms with Crippen LogP contribution in [0.4, 0.5) is 0 Å². The van der Waals surface area contributed by atoms with E-state index in [2.05, 4.69) is 190 Å². The highest BCUT2D eigenvalue weighted by molar-refractivity contribution is 6.20. The molecular formula is C46H48. The third-order valence-electron chi connectivity index (χ3n) is 9.19. The fraction of sp³-hybridized carbons (Fsp3) is 0.261. The summed E-state index contributed by atoms with van der Waals surface area (Å²) in [5.74, 6) is 0. The van der Waals surface area contributed by atoms with Crippen LogP contribution in [0.25, 0.3) is 55.3 Å². The van der Waals surface area contributed by atoms with Crippen LogP contribution in [0, 0.1) is 0 Å². The van der Waals surface area contributed by atoms with Gasteiger partial charge in [0.25, 0.3) is 0 Å². The van der Waals surface area contributed by atoms with Crippen molar-refractivity contribution in [2.24, 2.45) is 0 Å². The molecule has 6 rings (SSSR count). The molecule has 46 heavy (non-hydrogen) atoms. The monoisotopic (exact) mass is 600 g/mol. The molecule has 0 saturated carbocycles. The summed E-state index contributed by atoms with van der Waals surface area (Å²) >= 11 is 0. The van der Waals surface area contributed by atoms with Crippen LogP contribution >= 0.6 is 0 Å². The maximum atomic E-state index is 2.57. The first-order chi connectivity index (χ1) is 21.8. The normalized spacial score (nSPS) is 12.5. The highest BCUT2D eigenvalue weighted by Gasteiger charge is 2.36. The predicted octanol–water partition coefficient (Wildman–Crippen LogP) is 13.4. The van der Waals surface area contributed by atoms with Crippen LogP contribution in [0.5, 0.6) is 0 Å². The van der Waals surface area contributed by atoms with Crippen LogP contribution in [0.3, 0.4) is 0 Å². The smallest absolute Gasteiger partial charge is 0.00140 e. The van der Waals surface area contributed by atoms with Crippen molar-refractivity contribution in [1.29, 1.82) is 0 Å². The highest BCUT2D eigenvalue weighted by Crippen LogP contribution is 2.56. The van der Waals surface area contributed by atoms with Crippen LogP contribution in [-0.4, -0.2) is 0 Å². The average molecular weight is 601 g/mol. The molecule has 6 aromatic carbocycles. The summed E-state index contributed by atoms with van der Waals surface area (Å²) in [4.78, 5) is 0. The molecule has 0 spiro atoms. The molecule has 0 N–H and O–H groups in total. The average Bonchev–Trinajstić information content (AvgIpc) is 3.03. The van der Waals surface area contributed by atoms with Gasteiger partial charge in [-0.25, -0.2) is 0 Å². The summed E-state index contributed by atoms with van der Waals surface area (Å²) in [5, 5.41) is 2.75. The number of hydrogen-bond donors (Lipinski definition) is 0. The summed E-state index contributed by atoms with van der Waals surface area (Å²) in [7, 11) is 0. The molecule has 0 aliphatic rings. The van der Waals surface area contributed by atoms with E-state index in [1.807, 2.05) is 0 Å². The quantitative estimate of drug-likeness (QED) is 0.189. The standard InChI is InChI=1S/C46H48/c1-44(2,3)35-30-36(45(4,5)6)43(46(7,8)9)42-40(34-28-20-13-21-29-34)38(32-24-16-11-17-25-32)37(31-22-14-10-15-23-31)39(41(35)42)33-26-18-12-19-27-33/h10-30H,1-9H3. The first-order valence-electron chi connectivity index (χ1n) is 16.7. The largest absolute Gasteiger partial charge is 0.0622 e. The van der Waals surface area contributed by atoms with Gasteiger partial charge in [-0.1, -0.05) is 190 Å². The maximum Gasteiger partial charge on any atom is -0.00140 e. The Balaban J connectivity index is 2.10. The Bertz CT molecular complexity index is 1980. The Hall–Kier alpha value is -4.42. The van der Waals surface area contributed by atoms with Gasteiger partial charge < -0.3 is 0 Å². The molecule has 0 aliphatic heterocycles. The fourth-order valence-corrected chi connectivity index (χ4v) is 7.23. The van der Waals surface area contributed by atoms with Crippen molar-refractivity contribution < 1.29 is 0 Å². The van der Waals surface area contributed by atoms with E-state index in [9.17, 15) is 0 Å². The van der Waals surface area contributed by atoms with Crippen molar-refractivity contribution in [3.63, 3.8) is 0 Å². The van der Waals surface area contributed by atoms with Crippen LogP contribution in [0.2, 0.25) is 0 Å². The maximum absolute atomic E-state index is 2.57. The Morgan fingerprint density at radius 3 is 0.913 bits per heavy atom. The van der Waals surface area contributed by atoms with Crippen molar-refractivity contribution in [2.75, 3.05) is 0 Å². The number of rotatable bonds is 4. The van der Waals surface area contributed by atoms with Gasteiger partial charge in [0.15, 0.2) is 0 Å². The van der Waals surface area contributed by atoms with Gasteiger partial charge in [-0.15, -0.1) is 0 Å². The second kappa shape index (κ2) is 11.7. The van der Waals surface area contributed by atoms with Gasteiger partial charge in [0, 0.05) is 0 Å². The lowest BCUT2D eigenvalue weighted by molar-refractivity contribution is 0.529. The van der Waals surface area contributed by atoms with Gasteiger partial charge in [0.2, 0.25) is 0 Å². The molecule has 232 valence electrons. The lowest BCUT2D eigenvalue weighted by atomic mass is 9.66. The minimum absolute atomic E-state index is 0.0529. The number of benzene rings is 6. The van der Waals surface area contributed by atoms with Gasteiger partial charge in [0.1, 0.15) is 0 Å². The fourth-order valence-electron chi connectivity index (χ4n) is 7.23. The zero-order valence-corrected chi connectivity index (χ0v) is 29.1. The van der Waals surface area contributed by atoms with E-state index in [-0.39, 0.29) is 16.2 Å². The molecule has 0 radical (unpaired) electrons. The van der Waals surface area contributed by atoms with E-state index in [4.69, 9.17) is 0 Å². The van der Waals surface area contributed by atoms with Crippen LogP contribution in [0.1, 0.15) is 79.0 Å². The van der Waals surface area contributed by atoms with Crippen molar-refractivity contribution >= 4 is 10.8 Å². The molecule has 0 unspecified atom stereocenters. The van der Waals surface area contributed by atoms with Crippen LogP contribution in [0.15, 0.2) is 127 Å². The summed E-state index contributed by atoms with van der Waals surface area (Å²) in [6.45, 7) is 21.5. The van der Waals surface area contributed by atoms with Gasteiger partial charge in [0.05, 0.1) is 0 Å². The molecule has 0 aromatic heterocycles. The molecule has 0 bridgehead atoms. The summed E-state index contributed by atoms with van der Waals surface area (Å²) < 4.78 is 0. The Labute approximate surface area is 277 Å². The van der Waals surface area contributed by atoms with E-state index in [0.717, 1.165) is 0 Å². The van der Waals surface area contributed by atoms with Gasteiger partial charge in [-0.2, -0.15) is 0 Å². The van der Waals surface area contributed by atoms with E-state index in [0.29, 0.717) is 0 Å². The first kappa shape index (κ1) is 31.6. The van der Waals surface area contributed by atoms with E-state index in [1.54, 1.807) is 0 Å². The van der Waals surface area contributed by atoms with E-state index < -0.39 is 0 Å². The summed E-state index contributed by atoms with van der Waals surface area (Å²) in [5.41, 5.74) is 14.2. The van der Waals surface area contributed by atoms with Crippen molar-refractivity contribution in [1.82, 2.24) is 0 Å². The van der Waals surface area contributed by atoms with Crippen molar-refractivity contribution in [3.8, 4) is 44.5 Å². The zero-order valence-electron chi connectivity index (χ0n) is 29.1. The van der Waals surface area contributed by atoms with Gasteiger partial charge in [-0.05, 0) is 88.2 Å². The summed E-state index contributed by atoms with van der Waals surface area (Å²) in [6.07, 6.45) is 0. The molecule has 0 heteroatoms. The molecule has 0 saturated heterocycles. The molecule has 6 aromatic rings. The SMILES string of the molecule is CC(C)(C)c1cc(C(C)(C)C)c2c(-c3ccccc3)c(-c3ccccc3)c(-c3ccccc3)c(-c3ccccc3)c2c1C(C)(C)C. The summed E-state index contributed by atoms with van der Waals surface area (Å²) in [6, 6.07) is 47.0. The number of hydrogen-bond acceptors (Lipinski definition) is 0. The third kappa shape index (κ3) is 5.71. The zero-order chi connectivity index (χ0) is 32.9. The van der Waals surface area contributed by atoms with Crippen molar-refractivity contribution in [2.45, 2.75) is 78.6 Å². The van der Waals surface area contributed by atoms with Crippen molar-refractivity contribution in [3.05, 3.63) is 144 Å². The molecule has 0 atom stereocenters. The Morgan fingerprint density at radius 2 is 0.609 bits per heavy atom. The highest BCUT2D eigenvalue weighted by atomic mass is 14.4. The van der Waals surface area contributed by atoms with Gasteiger partial charge >= 0.3 is 0 Å². The van der Waals surface area contributed by atoms with Crippen LogP contribution < -0.4 is 0 Å². The minimum atomic E-state index is -0.114. The third-order valence-corrected chi connectivity index (χ3v) is 9.19. The Morgan fingerprint density at radius 1 is 0.304 bits per heavy atom.